The van der Waals surface area contributed by atoms with E-state index < -0.39 is 23.9 Å². The zero-order valence-corrected chi connectivity index (χ0v) is 18.5. The van der Waals surface area contributed by atoms with Crippen LogP contribution < -0.4 is 11.1 Å². The minimum Gasteiger partial charge on any atom is -0.366 e. The predicted molar refractivity (Wildman–Crippen MR) is 119 cm³/mol. The van der Waals surface area contributed by atoms with E-state index in [0.717, 1.165) is 25.0 Å². The number of primary amides is 1. The Morgan fingerprint density at radius 3 is 2.55 bits per heavy atom. The third-order valence-electron chi connectivity index (χ3n) is 7.05. The van der Waals surface area contributed by atoms with Crippen LogP contribution in [0.1, 0.15) is 76.0 Å². The Hall–Kier alpha value is -3.26. The minimum atomic E-state index is -0.792. The minimum absolute atomic E-state index is 0.156. The number of pyridine rings is 1. The Morgan fingerprint density at radius 2 is 1.94 bits per heavy atom. The molecule has 3 N–H and O–H groups in total. The molecule has 2 aromatic rings. The summed E-state index contributed by atoms with van der Waals surface area (Å²) in [4.78, 5) is 56.4. The molecule has 4 amide bonds. The van der Waals surface area contributed by atoms with Crippen LogP contribution in [0.25, 0.3) is 0 Å². The molecule has 5 rings (SSSR count). The number of halogens is 1. The summed E-state index contributed by atoms with van der Waals surface area (Å²) in [6, 6.07) is 7.10. The molecule has 1 saturated carbocycles. The van der Waals surface area contributed by atoms with Crippen LogP contribution in [0.2, 0.25) is 5.02 Å². The van der Waals surface area contributed by atoms with Crippen LogP contribution in [0.4, 0.5) is 0 Å². The van der Waals surface area contributed by atoms with Crippen LogP contribution in [0.15, 0.2) is 36.5 Å². The molecule has 9 heteroatoms. The molecule has 1 aliphatic carbocycles. The zero-order valence-electron chi connectivity index (χ0n) is 17.8. The van der Waals surface area contributed by atoms with Crippen molar-refractivity contribution in [2.45, 2.75) is 50.1 Å². The number of benzene rings is 1. The number of aromatic nitrogens is 1. The Kier molecular flexibility index (Phi) is 5.40. The normalized spacial score (nSPS) is 23.7. The first-order valence-corrected chi connectivity index (χ1v) is 11.4. The number of amides is 4. The summed E-state index contributed by atoms with van der Waals surface area (Å²) in [5.41, 5.74) is 7.71. The molecule has 8 nitrogen and oxygen atoms in total. The van der Waals surface area contributed by atoms with Gasteiger partial charge < -0.3 is 10.6 Å². The number of imide groups is 1. The maximum atomic E-state index is 13.6. The number of nitrogens with two attached hydrogens (primary N) is 1. The van der Waals surface area contributed by atoms with Crippen molar-refractivity contribution >= 4 is 35.2 Å². The highest BCUT2D eigenvalue weighted by Crippen LogP contribution is 2.52. The number of nitrogens with zero attached hydrogens (tertiary/aromatic N) is 2. The van der Waals surface area contributed by atoms with Gasteiger partial charge in [0.05, 0.1) is 11.1 Å². The molecule has 3 aliphatic rings. The molecule has 0 radical (unpaired) electrons. The van der Waals surface area contributed by atoms with Crippen LogP contribution in [0.5, 0.6) is 0 Å². The summed E-state index contributed by atoms with van der Waals surface area (Å²) in [6.45, 7) is 0. The van der Waals surface area contributed by atoms with Gasteiger partial charge in [-0.3, -0.25) is 29.5 Å². The van der Waals surface area contributed by atoms with Gasteiger partial charge in [-0.1, -0.05) is 18.0 Å². The van der Waals surface area contributed by atoms with Gasteiger partial charge in [-0.2, -0.15) is 0 Å². The summed E-state index contributed by atoms with van der Waals surface area (Å²) in [6.07, 6.45) is 4.98. The first-order chi connectivity index (χ1) is 15.8. The van der Waals surface area contributed by atoms with Crippen molar-refractivity contribution in [1.82, 2.24) is 15.2 Å². The Morgan fingerprint density at radius 1 is 1.15 bits per heavy atom. The van der Waals surface area contributed by atoms with Crippen LogP contribution >= 0.6 is 11.6 Å². The van der Waals surface area contributed by atoms with E-state index in [0.29, 0.717) is 21.7 Å². The van der Waals surface area contributed by atoms with Crippen molar-refractivity contribution in [2.75, 3.05) is 0 Å². The number of carbonyl (C=O) groups excluding carboxylic acids is 4. The monoisotopic (exact) mass is 466 g/mol. The fraction of sp³-hybridized carbons (Fsp3) is 0.375. The third-order valence-corrected chi connectivity index (χ3v) is 7.28. The van der Waals surface area contributed by atoms with Crippen LogP contribution in [0.3, 0.4) is 0 Å². The number of hydrogen-bond donors (Lipinski definition) is 2. The Bertz CT molecular complexity index is 1160. The fourth-order valence-corrected chi connectivity index (χ4v) is 5.38. The van der Waals surface area contributed by atoms with Gasteiger partial charge in [0, 0.05) is 35.4 Å². The number of carbonyl (C=O) groups is 4. The van der Waals surface area contributed by atoms with Gasteiger partial charge in [-0.15, -0.1) is 0 Å². The number of fused-ring (bicyclic) bond motifs is 1. The topological polar surface area (TPSA) is 122 Å². The summed E-state index contributed by atoms with van der Waals surface area (Å²) >= 11 is 6.08. The molecule has 2 fully saturated rings. The zero-order chi connectivity index (χ0) is 23.3. The highest BCUT2D eigenvalue weighted by Gasteiger charge is 2.50. The van der Waals surface area contributed by atoms with Gasteiger partial charge in [0.25, 0.3) is 5.91 Å². The van der Waals surface area contributed by atoms with E-state index in [-0.39, 0.29) is 36.5 Å². The maximum absolute atomic E-state index is 13.6. The van der Waals surface area contributed by atoms with Crippen molar-refractivity contribution in [3.8, 4) is 0 Å². The van der Waals surface area contributed by atoms with Gasteiger partial charge >= 0.3 is 0 Å². The van der Waals surface area contributed by atoms with E-state index in [4.69, 9.17) is 17.3 Å². The average molecular weight is 467 g/mol. The van der Waals surface area contributed by atoms with E-state index >= 15 is 0 Å². The number of hydrogen-bond acceptors (Lipinski definition) is 5. The van der Waals surface area contributed by atoms with E-state index in [1.165, 1.54) is 6.07 Å². The lowest BCUT2D eigenvalue weighted by atomic mass is 9.69. The average Bonchev–Trinajstić information content (AvgIpc) is 3.03. The van der Waals surface area contributed by atoms with E-state index in [1.807, 2.05) is 6.07 Å². The third kappa shape index (κ3) is 3.68. The van der Waals surface area contributed by atoms with Crippen molar-refractivity contribution in [3.63, 3.8) is 0 Å². The summed E-state index contributed by atoms with van der Waals surface area (Å²) < 4.78 is 0. The molecule has 33 heavy (non-hydrogen) atoms. The lowest BCUT2D eigenvalue weighted by Gasteiger charge is -2.43. The van der Waals surface area contributed by atoms with E-state index in [9.17, 15) is 19.2 Å². The van der Waals surface area contributed by atoms with Crippen molar-refractivity contribution in [1.29, 1.82) is 0 Å². The molecule has 2 aliphatic heterocycles. The van der Waals surface area contributed by atoms with Gasteiger partial charge in [-0.05, 0) is 61.1 Å². The molecular weight excluding hydrogens is 444 g/mol. The summed E-state index contributed by atoms with van der Waals surface area (Å²) in [5, 5.41) is 2.87. The van der Waals surface area contributed by atoms with E-state index in [2.05, 4.69) is 10.3 Å². The molecule has 3 atom stereocenters. The molecule has 1 saturated heterocycles. The second kappa shape index (κ2) is 8.26. The predicted octanol–water partition coefficient (Wildman–Crippen LogP) is 2.72. The van der Waals surface area contributed by atoms with Gasteiger partial charge in [0.15, 0.2) is 0 Å². The fourth-order valence-electron chi connectivity index (χ4n) is 5.26. The first-order valence-electron chi connectivity index (χ1n) is 11.1. The number of piperidine rings is 1. The molecular formula is C24H23ClN4O4. The molecule has 1 aromatic heterocycles. The van der Waals surface area contributed by atoms with Crippen LogP contribution in [0, 0.1) is 5.92 Å². The van der Waals surface area contributed by atoms with Crippen LogP contribution in [-0.4, -0.2) is 39.6 Å². The second-order valence-corrected chi connectivity index (χ2v) is 9.34. The van der Waals surface area contributed by atoms with Crippen molar-refractivity contribution in [3.05, 3.63) is 63.9 Å². The highest BCUT2D eigenvalue weighted by atomic mass is 35.5. The van der Waals surface area contributed by atoms with Gasteiger partial charge in [0.2, 0.25) is 17.7 Å². The van der Waals surface area contributed by atoms with Crippen molar-refractivity contribution in [2.24, 2.45) is 11.7 Å². The lowest BCUT2D eigenvalue weighted by molar-refractivity contribution is -0.137. The van der Waals surface area contributed by atoms with Gasteiger partial charge in [-0.25, -0.2) is 0 Å². The largest absolute Gasteiger partial charge is 0.366 e. The number of nitrogens with one attached hydrogen (secondary N) is 1. The Labute approximate surface area is 195 Å². The lowest BCUT2D eigenvalue weighted by Crippen LogP contribution is -2.54. The second-order valence-electron chi connectivity index (χ2n) is 8.91. The maximum Gasteiger partial charge on any atom is 0.255 e. The molecule has 1 aromatic carbocycles. The van der Waals surface area contributed by atoms with Crippen molar-refractivity contribution < 1.29 is 19.2 Å². The molecule has 3 heterocycles. The smallest absolute Gasteiger partial charge is 0.255 e. The van der Waals surface area contributed by atoms with Crippen LogP contribution in [-0.2, 0) is 9.59 Å². The van der Waals surface area contributed by atoms with Gasteiger partial charge in [0.1, 0.15) is 6.04 Å². The first kappa shape index (κ1) is 21.6. The summed E-state index contributed by atoms with van der Waals surface area (Å²) in [5.74, 6) is -1.66. The molecule has 0 spiro atoms. The molecule has 0 bridgehead atoms. The molecule has 3 unspecified atom stereocenters. The highest BCUT2D eigenvalue weighted by molar-refractivity contribution is 6.30. The molecule has 170 valence electrons. The quantitative estimate of drug-likeness (QED) is 0.656. The standard InChI is InChI=1S/C24H23ClN4O4/c25-14-5-7-17(27-11-14)20(12-2-1-3-12)21-16-10-13(22(26)31)4-6-15(16)24(33)29(21)18-8-9-19(30)28-23(18)32/h4-7,10-12,18,20-21H,1-3,8-9H2,(H2,26,31)(H,28,30,32). The van der Waals surface area contributed by atoms with E-state index in [1.54, 1.807) is 29.3 Å². The summed E-state index contributed by atoms with van der Waals surface area (Å²) in [7, 11) is 0. The number of rotatable bonds is 5. The Balaban J connectivity index is 1.67. The SMILES string of the molecule is NC(=O)c1ccc2c(c1)C(C(c1ccc(Cl)cn1)C1CCC1)N(C1CCC(=O)NC1=O)C2=O.